The van der Waals surface area contributed by atoms with E-state index in [1.54, 1.807) is 6.07 Å². The number of rotatable bonds is 3. The molecule has 0 aliphatic rings. The second-order valence-corrected chi connectivity index (χ2v) is 2.94. The number of hydrogen-bond donors (Lipinski definition) is 1. The molecule has 0 aliphatic carbocycles. The van der Waals surface area contributed by atoms with Crippen LogP contribution in [0.5, 0.6) is 0 Å². The van der Waals surface area contributed by atoms with E-state index in [-0.39, 0.29) is 12.0 Å². The summed E-state index contributed by atoms with van der Waals surface area (Å²) in [6.45, 7) is 0. The van der Waals surface area contributed by atoms with Crippen molar-refractivity contribution in [1.29, 1.82) is 5.26 Å². The molecule has 2 N–H and O–H groups in total. The summed E-state index contributed by atoms with van der Waals surface area (Å²) in [7, 11) is 0. The first-order valence-corrected chi connectivity index (χ1v) is 4.15. The van der Waals surface area contributed by atoms with E-state index < -0.39 is 12.5 Å². The summed E-state index contributed by atoms with van der Waals surface area (Å²) >= 11 is 0. The average Bonchev–Trinajstić information content (AvgIpc) is 2.18. The van der Waals surface area contributed by atoms with Crippen molar-refractivity contribution in [1.82, 2.24) is 0 Å². The quantitative estimate of drug-likeness (QED) is 0.807. The highest BCUT2D eigenvalue weighted by Gasteiger charge is 2.10. The molecular formula is C10H10F2N2. The molecule has 1 aromatic carbocycles. The first-order valence-electron chi connectivity index (χ1n) is 4.15. The third kappa shape index (κ3) is 2.51. The average molecular weight is 196 g/mol. The SMILES string of the molecule is N#CC[C@@H](N)c1cccc(C(F)F)c1. The lowest BCUT2D eigenvalue weighted by Crippen LogP contribution is -2.09. The maximum absolute atomic E-state index is 12.3. The lowest BCUT2D eigenvalue weighted by molar-refractivity contribution is 0.151. The molecule has 0 radical (unpaired) electrons. The molecule has 0 aromatic heterocycles. The summed E-state index contributed by atoms with van der Waals surface area (Å²) < 4.78 is 24.6. The van der Waals surface area contributed by atoms with Gasteiger partial charge in [-0.1, -0.05) is 18.2 Å². The Kier molecular flexibility index (Phi) is 3.55. The molecule has 0 saturated heterocycles. The molecular weight excluding hydrogens is 186 g/mol. The predicted octanol–water partition coefficient (Wildman–Crippen LogP) is 2.54. The van der Waals surface area contributed by atoms with Crippen LogP contribution in [-0.2, 0) is 0 Å². The number of nitriles is 1. The van der Waals surface area contributed by atoms with Gasteiger partial charge in [-0.3, -0.25) is 0 Å². The highest BCUT2D eigenvalue weighted by Crippen LogP contribution is 2.22. The fourth-order valence-corrected chi connectivity index (χ4v) is 1.14. The molecule has 0 aliphatic heterocycles. The molecule has 74 valence electrons. The Labute approximate surface area is 81.0 Å². The first kappa shape index (κ1) is 10.6. The van der Waals surface area contributed by atoms with Crippen molar-refractivity contribution in [2.75, 3.05) is 0 Å². The maximum atomic E-state index is 12.3. The summed E-state index contributed by atoms with van der Waals surface area (Å²) in [5, 5.41) is 8.40. The van der Waals surface area contributed by atoms with E-state index in [0.29, 0.717) is 5.56 Å². The molecule has 0 unspecified atom stereocenters. The smallest absolute Gasteiger partial charge is 0.263 e. The van der Waals surface area contributed by atoms with Crippen LogP contribution in [0.2, 0.25) is 0 Å². The zero-order valence-electron chi connectivity index (χ0n) is 7.45. The van der Waals surface area contributed by atoms with Crippen LogP contribution in [-0.4, -0.2) is 0 Å². The van der Waals surface area contributed by atoms with Gasteiger partial charge in [-0.05, 0) is 11.6 Å². The normalized spacial score (nSPS) is 12.5. The Balaban J connectivity index is 2.89. The topological polar surface area (TPSA) is 49.8 Å². The Bertz CT molecular complexity index is 344. The summed E-state index contributed by atoms with van der Waals surface area (Å²) in [5.74, 6) is 0. The third-order valence-corrected chi connectivity index (χ3v) is 1.90. The first-order chi connectivity index (χ1) is 6.65. The summed E-state index contributed by atoms with van der Waals surface area (Å²) in [4.78, 5) is 0. The molecule has 14 heavy (non-hydrogen) atoms. The molecule has 0 fully saturated rings. The summed E-state index contributed by atoms with van der Waals surface area (Å²) in [6, 6.07) is 7.26. The van der Waals surface area contributed by atoms with Gasteiger partial charge in [0.2, 0.25) is 0 Å². The van der Waals surface area contributed by atoms with Gasteiger partial charge < -0.3 is 5.73 Å². The van der Waals surface area contributed by atoms with E-state index in [1.807, 2.05) is 6.07 Å². The monoisotopic (exact) mass is 196 g/mol. The maximum Gasteiger partial charge on any atom is 0.263 e. The van der Waals surface area contributed by atoms with E-state index in [0.717, 1.165) is 0 Å². The molecule has 1 aromatic rings. The molecule has 2 nitrogen and oxygen atoms in total. The van der Waals surface area contributed by atoms with Gasteiger partial charge in [0.25, 0.3) is 6.43 Å². The lowest BCUT2D eigenvalue weighted by atomic mass is 10.0. The Morgan fingerprint density at radius 2 is 2.00 bits per heavy atom. The zero-order valence-corrected chi connectivity index (χ0v) is 7.45. The number of halogens is 2. The van der Waals surface area contributed by atoms with Crippen LogP contribution in [0, 0.1) is 11.3 Å². The van der Waals surface area contributed by atoms with Gasteiger partial charge in [0.15, 0.2) is 0 Å². The van der Waals surface area contributed by atoms with E-state index in [4.69, 9.17) is 11.0 Å². The lowest BCUT2D eigenvalue weighted by Gasteiger charge is -2.09. The van der Waals surface area contributed by atoms with Crippen LogP contribution in [0.3, 0.4) is 0 Å². The molecule has 0 saturated carbocycles. The largest absolute Gasteiger partial charge is 0.323 e. The van der Waals surface area contributed by atoms with Gasteiger partial charge in [0.1, 0.15) is 0 Å². The molecule has 1 rings (SSSR count). The van der Waals surface area contributed by atoms with E-state index >= 15 is 0 Å². The minimum atomic E-state index is -2.50. The van der Waals surface area contributed by atoms with Crippen molar-refractivity contribution in [2.45, 2.75) is 18.9 Å². The molecule has 1 atom stereocenters. The van der Waals surface area contributed by atoms with Gasteiger partial charge in [-0.15, -0.1) is 0 Å². The van der Waals surface area contributed by atoms with E-state index in [2.05, 4.69) is 0 Å². The standard InChI is InChI=1S/C10H10F2N2/c11-10(12)8-3-1-2-7(6-8)9(14)4-5-13/h1-3,6,9-10H,4,14H2/t9-/m1/s1. The van der Waals surface area contributed by atoms with Crippen LogP contribution in [0.15, 0.2) is 24.3 Å². The zero-order chi connectivity index (χ0) is 10.6. The van der Waals surface area contributed by atoms with Crippen molar-refractivity contribution in [3.8, 4) is 6.07 Å². The van der Waals surface area contributed by atoms with Crippen LogP contribution in [0.1, 0.15) is 30.0 Å². The molecule has 4 heteroatoms. The van der Waals surface area contributed by atoms with Gasteiger partial charge >= 0.3 is 0 Å². The number of alkyl halides is 2. The highest BCUT2D eigenvalue weighted by molar-refractivity contribution is 5.27. The number of benzene rings is 1. The fourth-order valence-electron chi connectivity index (χ4n) is 1.14. The van der Waals surface area contributed by atoms with Crippen LogP contribution >= 0.6 is 0 Å². The second kappa shape index (κ2) is 4.68. The van der Waals surface area contributed by atoms with Crippen LogP contribution in [0.4, 0.5) is 8.78 Å². The highest BCUT2D eigenvalue weighted by atomic mass is 19.3. The van der Waals surface area contributed by atoms with E-state index in [9.17, 15) is 8.78 Å². The summed E-state index contributed by atoms with van der Waals surface area (Å²) in [5.41, 5.74) is 6.12. The van der Waals surface area contributed by atoms with Crippen molar-refractivity contribution in [3.05, 3.63) is 35.4 Å². The fraction of sp³-hybridized carbons (Fsp3) is 0.300. The van der Waals surface area contributed by atoms with Crippen LogP contribution in [0.25, 0.3) is 0 Å². The number of hydrogen-bond acceptors (Lipinski definition) is 2. The molecule has 0 heterocycles. The second-order valence-electron chi connectivity index (χ2n) is 2.94. The molecule has 0 amide bonds. The van der Waals surface area contributed by atoms with Gasteiger partial charge in [-0.2, -0.15) is 5.26 Å². The Morgan fingerprint density at radius 1 is 1.36 bits per heavy atom. The van der Waals surface area contributed by atoms with Crippen molar-refractivity contribution < 1.29 is 8.78 Å². The van der Waals surface area contributed by atoms with E-state index in [1.165, 1.54) is 18.2 Å². The molecule has 0 spiro atoms. The van der Waals surface area contributed by atoms with Crippen molar-refractivity contribution >= 4 is 0 Å². The Hall–Kier alpha value is -1.47. The minimum absolute atomic E-state index is 0.0594. The number of nitrogens with zero attached hydrogens (tertiary/aromatic N) is 1. The van der Waals surface area contributed by atoms with Crippen molar-refractivity contribution in [2.24, 2.45) is 5.73 Å². The predicted molar refractivity (Wildman–Crippen MR) is 48.6 cm³/mol. The third-order valence-electron chi connectivity index (χ3n) is 1.90. The van der Waals surface area contributed by atoms with Crippen LogP contribution < -0.4 is 5.73 Å². The molecule has 0 bridgehead atoms. The summed E-state index contributed by atoms with van der Waals surface area (Å²) in [6.07, 6.45) is -2.36. The Morgan fingerprint density at radius 3 is 2.57 bits per heavy atom. The number of nitrogens with two attached hydrogens (primary N) is 1. The van der Waals surface area contributed by atoms with Crippen molar-refractivity contribution in [3.63, 3.8) is 0 Å². The van der Waals surface area contributed by atoms with Gasteiger partial charge in [-0.25, -0.2) is 8.78 Å². The van der Waals surface area contributed by atoms with Gasteiger partial charge in [0, 0.05) is 11.6 Å². The van der Waals surface area contributed by atoms with Gasteiger partial charge in [0.05, 0.1) is 12.5 Å². The minimum Gasteiger partial charge on any atom is -0.323 e.